The fourth-order valence-electron chi connectivity index (χ4n) is 3.10. The molecule has 0 radical (unpaired) electrons. The van der Waals surface area contributed by atoms with E-state index in [0.717, 1.165) is 41.3 Å². The van der Waals surface area contributed by atoms with Crippen molar-refractivity contribution in [2.24, 2.45) is 0 Å². The number of aromatic nitrogens is 3. The summed E-state index contributed by atoms with van der Waals surface area (Å²) in [6.45, 7) is 0. The number of nitrogens with zero attached hydrogens (tertiary/aromatic N) is 3. The highest BCUT2D eigenvalue weighted by Gasteiger charge is 2.17. The molecule has 0 bridgehead atoms. The highest BCUT2D eigenvalue weighted by molar-refractivity contribution is 5.71. The molecule has 0 amide bonds. The number of allylic oxidation sites excluding steroid dienone is 8. The monoisotopic (exact) mass is 351 g/mol. The Morgan fingerprint density at radius 1 is 0.630 bits per heavy atom. The first kappa shape index (κ1) is 17.0. The molecular formula is C24H21N3. The van der Waals surface area contributed by atoms with Gasteiger partial charge in [0.25, 0.3) is 0 Å². The molecule has 3 heteroatoms. The predicted molar refractivity (Wildman–Crippen MR) is 112 cm³/mol. The van der Waals surface area contributed by atoms with Crippen molar-refractivity contribution in [1.29, 1.82) is 0 Å². The molecule has 0 fully saturated rings. The number of benzene rings is 2. The molecule has 132 valence electrons. The van der Waals surface area contributed by atoms with Crippen LogP contribution in [-0.2, 0) is 0 Å². The molecule has 0 atom stereocenters. The first-order valence-corrected chi connectivity index (χ1v) is 9.17. The van der Waals surface area contributed by atoms with Crippen molar-refractivity contribution in [2.45, 2.75) is 12.8 Å². The summed E-state index contributed by atoms with van der Waals surface area (Å²) in [7, 11) is 0. The molecule has 0 unspecified atom stereocenters. The van der Waals surface area contributed by atoms with Crippen LogP contribution >= 0.6 is 0 Å². The maximum absolute atomic E-state index is 4.54. The molecule has 0 aliphatic heterocycles. The topological polar surface area (TPSA) is 30.7 Å². The van der Waals surface area contributed by atoms with Gasteiger partial charge in [0.2, 0.25) is 0 Å². The zero-order valence-electron chi connectivity index (χ0n) is 15.1. The van der Waals surface area contributed by atoms with E-state index >= 15 is 0 Å². The third-order valence-corrected chi connectivity index (χ3v) is 4.42. The fraction of sp³-hybridized carbons (Fsp3) is 0.0833. The minimum Gasteiger partial charge on any atom is -0.279 e. The van der Waals surface area contributed by atoms with Gasteiger partial charge in [-0.05, 0) is 12.5 Å². The molecule has 4 rings (SSSR count). The molecular weight excluding hydrogens is 330 g/mol. The van der Waals surface area contributed by atoms with Crippen LogP contribution in [0.2, 0.25) is 0 Å². The zero-order chi connectivity index (χ0) is 18.3. The molecule has 1 aliphatic carbocycles. The molecule has 3 nitrogen and oxygen atoms in total. The van der Waals surface area contributed by atoms with E-state index in [-0.39, 0.29) is 0 Å². The molecule has 0 saturated heterocycles. The van der Waals surface area contributed by atoms with Crippen LogP contribution in [-0.4, -0.2) is 14.8 Å². The van der Waals surface area contributed by atoms with E-state index in [9.17, 15) is 0 Å². The van der Waals surface area contributed by atoms with Gasteiger partial charge in [0, 0.05) is 23.2 Å². The summed E-state index contributed by atoms with van der Waals surface area (Å²) in [5, 5.41) is 9.09. The number of hydrogen-bond donors (Lipinski definition) is 0. The van der Waals surface area contributed by atoms with Gasteiger partial charge < -0.3 is 0 Å². The first-order chi connectivity index (χ1) is 13.4. The lowest BCUT2D eigenvalue weighted by Gasteiger charge is -2.13. The van der Waals surface area contributed by atoms with E-state index < -0.39 is 0 Å². The Labute approximate surface area is 159 Å². The molecule has 3 aromatic rings. The maximum atomic E-state index is 4.54. The van der Waals surface area contributed by atoms with Crippen LogP contribution in [0.4, 0.5) is 0 Å². The Morgan fingerprint density at radius 3 is 1.81 bits per heavy atom. The van der Waals surface area contributed by atoms with Crippen molar-refractivity contribution in [3.05, 3.63) is 103 Å². The Balaban J connectivity index is 1.89. The van der Waals surface area contributed by atoms with Gasteiger partial charge in [-0.25, -0.2) is 0 Å². The molecule has 27 heavy (non-hydrogen) atoms. The molecule has 1 aromatic heterocycles. The van der Waals surface area contributed by atoms with Crippen molar-refractivity contribution in [3.8, 4) is 22.8 Å². The van der Waals surface area contributed by atoms with Gasteiger partial charge >= 0.3 is 0 Å². The third-order valence-electron chi connectivity index (χ3n) is 4.42. The normalized spacial score (nSPS) is 19.6. The van der Waals surface area contributed by atoms with Gasteiger partial charge in [0.05, 0.1) is 0 Å². The molecule has 2 aromatic carbocycles. The van der Waals surface area contributed by atoms with Gasteiger partial charge in [0.1, 0.15) is 0 Å². The van der Waals surface area contributed by atoms with E-state index in [2.05, 4.69) is 81.6 Å². The summed E-state index contributed by atoms with van der Waals surface area (Å²) in [6.07, 6.45) is 16.7. The number of hydrogen-bond acceptors (Lipinski definition) is 2. The van der Waals surface area contributed by atoms with Crippen LogP contribution in [0.5, 0.6) is 0 Å². The Morgan fingerprint density at radius 2 is 1.19 bits per heavy atom. The first-order valence-electron chi connectivity index (χ1n) is 9.17. The summed E-state index contributed by atoms with van der Waals surface area (Å²) < 4.78 is 2.17. The Bertz CT molecular complexity index is 949. The van der Waals surface area contributed by atoms with Crippen LogP contribution in [0.25, 0.3) is 28.5 Å². The van der Waals surface area contributed by atoms with Crippen LogP contribution in [0.3, 0.4) is 0 Å². The van der Waals surface area contributed by atoms with E-state index in [4.69, 9.17) is 0 Å². The molecule has 0 saturated carbocycles. The maximum Gasteiger partial charge on any atom is 0.168 e. The summed E-state index contributed by atoms with van der Waals surface area (Å²) in [5.41, 5.74) is 3.25. The third kappa shape index (κ3) is 3.87. The van der Waals surface area contributed by atoms with Crippen molar-refractivity contribution in [1.82, 2.24) is 14.8 Å². The van der Waals surface area contributed by atoms with Crippen molar-refractivity contribution in [3.63, 3.8) is 0 Å². The van der Waals surface area contributed by atoms with Crippen molar-refractivity contribution in [2.75, 3.05) is 0 Å². The lowest BCUT2D eigenvalue weighted by atomic mass is 10.1. The lowest BCUT2D eigenvalue weighted by Crippen LogP contribution is -2.02. The van der Waals surface area contributed by atoms with Crippen LogP contribution < -0.4 is 0 Å². The summed E-state index contributed by atoms with van der Waals surface area (Å²) in [6, 6.07) is 20.5. The minimum absolute atomic E-state index is 0.798. The van der Waals surface area contributed by atoms with Crippen molar-refractivity contribution < 1.29 is 0 Å². The quantitative estimate of drug-likeness (QED) is 0.587. The predicted octanol–water partition coefficient (Wildman–Crippen LogP) is 5.92. The van der Waals surface area contributed by atoms with Gasteiger partial charge in [-0.15, -0.1) is 10.2 Å². The molecule has 1 aliphatic rings. The second-order valence-corrected chi connectivity index (χ2v) is 6.30. The Hall–Kier alpha value is -3.46. The van der Waals surface area contributed by atoms with E-state index in [1.54, 1.807) is 0 Å². The van der Waals surface area contributed by atoms with Crippen LogP contribution in [0, 0.1) is 0 Å². The summed E-state index contributed by atoms with van der Waals surface area (Å²) in [5.74, 6) is 1.71. The van der Waals surface area contributed by atoms with E-state index in [1.165, 1.54) is 0 Å². The highest BCUT2D eigenvalue weighted by Crippen LogP contribution is 2.29. The standard InChI is InChI=1S/C24H21N3/c1-2-4-12-18-22(19-13-5-3-1)27-23(20-14-8-6-9-15-20)25-26-24(27)21-16-10-7-11-17-21/h1-2,4-17,19H,3,18H2/b2-1-,12-4-,13-5-,22-19+. The average Bonchev–Trinajstić information content (AvgIpc) is 3.18. The zero-order valence-corrected chi connectivity index (χ0v) is 15.1. The van der Waals surface area contributed by atoms with Gasteiger partial charge in [-0.1, -0.05) is 97.1 Å². The number of rotatable bonds is 3. The second kappa shape index (κ2) is 8.28. The van der Waals surface area contributed by atoms with Crippen molar-refractivity contribution >= 4 is 5.70 Å². The molecule has 1 heterocycles. The molecule has 0 N–H and O–H groups in total. The molecule has 0 spiro atoms. The summed E-state index contributed by atoms with van der Waals surface area (Å²) in [4.78, 5) is 0. The highest BCUT2D eigenvalue weighted by atomic mass is 15.3. The SMILES string of the molecule is C1=C\C/C=C\C=C(\n2c(-c3ccccc3)nnc2-c2ccccc2)C\C=C/1. The largest absolute Gasteiger partial charge is 0.279 e. The van der Waals surface area contributed by atoms with Gasteiger partial charge in [-0.3, -0.25) is 4.57 Å². The lowest BCUT2D eigenvalue weighted by molar-refractivity contribution is 1.05. The van der Waals surface area contributed by atoms with E-state index in [1.807, 2.05) is 36.4 Å². The minimum atomic E-state index is 0.798. The van der Waals surface area contributed by atoms with Crippen LogP contribution in [0.1, 0.15) is 12.8 Å². The van der Waals surface area contributed by atoms with Gasteiger partial charge in [0.15, 0.2) is 11.6 Å². The second-order valence-electron chi connectivity index (χ2n) is 6.30. The Kier molecular flexibility index (Phi) is 5.21. The van der Waals surface area contributed by atoms with E-state index in [0.29, 0.717) is 0 Å². The smallest absolute Gasteiger partial charge is 0.168 e. The van der Waals surface area contributed by atoms with Gasteiger partial charge in [-0.2, -0.15) is 0 Å². The fourth-order valence-corrected chi connectivity index (χ4v) is 3.10. The average molecular weight is 351 g/mol. The van der Waals surface area contributed by atoms with Crippen LogP contribution in [0.15, 0.2) is 103 Å². The summed E-state index contributed by atoms with van der Waals surface area (Å²) >= 11 is 0.